The molecule has 4 rings (SSSR count). The van der Waals surface area contributed by atoms with Crippen molar-refractivity contribution in [1.29, 1.82) is 0 Å². The first-order chi connectivity index (χ1) is 18.2. The van der Waals surface area contributed by atoms with Gasteiger partial charge in [-0.2, -0.15) is 0 Å². The second kappa shape index (κ2) is 11.7. The summed E-state index contributed by atoms with van der Waals surface area (Å²) in [6.45, 7) is 1.50. The molecule has 4 aromatic rings. The zero-order chi connectivity index (χ0) is 27.2. The normalized spacial score (nSPS) is 11.5. The lowest BCUT2D eigenvalue weighted by Gasteiger charge is -2.13. The molecule has 3 amide bonds. The molecule has 8 nitrogen and oxygen atoms in total. The number of pyridine rings is 1. The van der Waals surface area contributed by atoms with Crippen molar-refractivity contribution in [2.75, 3.05) is 10.6 Å². The fraction of sp³-hybridized carbons (Fsp3) is 0.148. The van der Waals surface area contributed by atoms with E-state index in [4.69, 9.17) is 0 Å². The number of amides is 3. The van der Waals surface area contributed by atoms with Gasteiger partial charge >= 0.3 is 0 Å². The van der Waals surface area contributed by atoms with Crippen molar-refractivity contribution in [3.8, 4) is 11.3 Å². The maximum absolute atomic E-state index is 13.3. The zero-order valence-electron chi connectivity index (χ0n) is 20.5. The Morgan fingerprint density at radius 2 is 1.74 bits per heavy atom. The van der Waals surface area contributed by atoms with Crippen LogP contribution in [0.2, 0.25) is 0 Å². The van der Waals surface area contributed by atoms with Crippen LogP contribution in [0.15, 0.2) is 72.4 Å². The summed E-state index contributed by atoms with van der Waals surface area (Å²) in [5.41, 5.74) is 2.74. The molecule has 0 saturated heterocycles. The minimum absolute atomic E-state index is 0.164. The first-order valence-electron chi connectivity index (χ1n) is 11.5. The number of thiazole rings is 1. The highest BCUT2D eigenvalue weighted by molar-refractivity contribution is 7.14. The minimum Gasteiger partial charge on any atom is -0.344 e. The van der Waals surface area contributed by atoms with Crippen LogP contribution in [-0.4, -0.2) is 28.7 Å². The summed E-state index contributed by atoms with van der Waals surface area (Å²) in [5, 5.41) is 10.1. The van der Waals surface area contributed by atoms with E-state index in [1.165, 1.54) is 18.3 Å². The average Bonchev–Trinajstić information content (AvgIpc) is 3.32. The molecule has 0 fully saturated rings. The lowest BCUT2D eigenvalue weighted by Crippen LogP contribution is -2.42. The first kappa shape index (κ1) is 26.6. The van der Waals surface area contributed by atoms with E-state index in [1.807, 2.05) is 13.2 Å². The van der Waals surface area contributed by atoms with Gasteiger partial charge in [-0.1, -0.05) is 12.1 Å². The Hall–Kier alpha value is -4.51. The number of hydrogen-bond donors (Lipinski definition) is 3. The molecule has 1 atom stereocenters. The summed E-state index contributed by atoms with van der Waals surface area (Å²) in [5.74, 6) is -2.82. The molecule has 0 saturated carbocycles. The fourth-order valence-electron chi connectivity index (χ4n) is 3.58. The Morgan fingerprint density at radius 1 is 1.03 bits per heavy atom. The molecule has 3 N–H and O–H groups in total. The van der Waals surface area contributed by atoms with Crippen molar-refractivity contribution in [1.82, 2.24) is 10.3 Å². The van der Waals surface area contributed by atoms with Crippen molar-refractivity contribution >= 4 is 39.9 Å². The van der Waals surface area contributed by atoms with Crippen LogP contribution in [0.3, 0.4) is 0 Å². The van der Waals surface area contributed by atoms with Gasteiger partial charge in [-0.05, 0) is 42.8 Å². The van der Waals surface area contributed by atoms with E-state index in [1.54, 1.807) is 52.5 Å². The maximum atomic E-state index is 13.3. The van der Waals surface area contributed by atoms with E-state index in [9.17, 15) is 23.2 Å². The van der Waals surface area contributed by atoms with E-state index in [0.29, 0.717) is 22.1 Å². The van der Waals surface area contributed by atoms with Gasteiger partial charge in [0.2, 0.25) is 11.8 Å². The number of rotatable bonds is 8. The molecule has 38 heavy (non-hydrogen) atoms. The van der Waals surface area contributed by atoms with Crippen molar-refractivity contribution in [2.45, 2.75) is 19.4 Å². The van der Waals surface area contributed by atoms with Crippen LogP contribution in [0.1, 0.15) is 22.8 Å². The lowest BCUT2D eigenvalue weighted by atomic mass is 10.1. The van der Waals surface area contributed by atoms with E-state index >= 15 is 0 Å². The number of carbonyl (C=O) groups is 3. The van der Waals surface area contributed by atoms with Crippen molar-refractivity contribution < 1.29 is 27.7 Å². The molecule has 2 heterocycles. The number of nitrogens with zero attached hydrogens (tertiary/aromatic N) is 2. The van der Waals surface area contributed by atoms with Gasteiger partial charge < -0.3 is 16.0 Å². The quantitative estimate of drug-likeness (QED) is 0.298. The second-order valence-electron chi connectivity index (χ2n) is 8.56. The third-order valence-electron chi connectivity index (χ3n) is 5.43. The predicted octanol–water partition coefficient (Wildman–Crippen LogP) is 3.85. The van der Waals surface area contributed by atoms with Gasteiger partial charge in [0.05, 0.1) is 12.1 Å². The highest BCUT2D eigenvalue weighted by Gasteiger charge is 2.18. The monoisotopic (exact) mass is 536 g/mol. The molecule has 11 heteroatoms. The second-order valence-corrected chi connectivity index (χ2v) is 9.42. The molecule has 0 bridgehead atoms. The predicted molar refractivity (Wildman–Crippen MR) is 139 cm³/mol. The van der Waals surface area contributed by atoms with Crippen LogP contribution in [0, 0.1) is 11.6 Å². The summed E-state index contributed by atoms with van der Waals surface area (Å²) >= 11 is 1.22. The van der Waals surface area contributed by atoms with Crippen LogP contribution in [0.5, 0.6) is 0 Å². The summed E-state index contributed by atoms with van der Waals surface area (Å²) in [4.78, 5) is 41.6. The molecule has 2 aromatic heterocycles. The molecule has 0 aliphatic rings. The maximum Gasteiger partial charge on any atom is 0.261 e. The Kier molecular flexibility index (Phi) is 8.17. The van der Waals surface area contributed by atoms with Gasteiger partial charge in [0.25, 0.3) is 5.91 Å². The van der Waals surface area contributed by atoms with Gasteiger partial charge in [-0.15, -0.1) is 11.3 Å². The number of aryl methyl sites for hydroxylation is 1. The SMILES string of the molecule is C[C@H](NC(=O)Cc1cc(F)cc(F)c1)C(=O)Nc1nc(-c2ccc(NC(=O)c3ccc[n+](C)c3)cc2)cs1. The topological polar surface area (TPSA) is 104 Å². The summed E-state index contributed by atoms with van der Waals surface area (Å²) in [6.07, 6.45) is 3.30. The van der Waals surface area contributed by atoms with Gasteiger partial charge in [0, 0.05) is 28.8 Å². The summed E-state index contributed by atoms with van der Waals surface area (Å²) in [6, 6.07) is 12.6. The summed E-state index contributed by atoms with van der Waals surface area (Å²) in [7, 11) is 1.84. The third-order valence-corrected chi connectivity index (χ3v) is 6.19. The molecular formula is C27H24F2N5O3S+. The molecule has 0 aliphatic carbocycles. The smallest absolute Gasteiger partial charge is 0.261 e. The van der Waals surface area contributed by atoms with E-state index < -0.39 is 29.5 Å². The van der Waals surface area contributed by atoms with Crippen molar-refractivity contribution in [3.63, 3.8) is 0 Å². The molecule has 194 valence electrons. The summed E-state index contributed by atoms with van der Waals surface area (Å²) < 4.78 is 28.4. The standard InChI is InChI=1S/C27H23F2N5O3S/c1-16(30-24(35)12-17-10-20(28)13-21(29)11-17)25(36)33-27-32-23(15-38-27)18-5-7-22(8-6-18)31-26(37)19-4-3-9-34(2)14-19/h3-11,13-16H,12H2,1-2H3,(H2-,30,31,32,33,35,36,37)/p+1/t16-/m0/s1. The zero-order valence-corrected chi connectivity index (χ0v) is 21.3. The number of benzene rings is 2. The van der Waals surface area contributed by atoms with Crippen LogP contribution in [0.25, 0.3) is 11.3 Å². The van der Waals surface area contributed by atoms with Crippen LogP contribution in [-0.2, 0) is 23.1 Å². The molecule has 2 aromatic carbocycles. The molecular weight excluding hydrogens is 512 g/mol. The number of anilines is 2. The van der Waals surface area contributed by atoms with Crippen LogP contribution >= 0.6 is 11.3 Å². The number of hydrogen-bond acceptors (Lipinski definition) is 5. The number of carbonyl (C=O) groups excluding carboxylic acids is 3. The molecule has 0 aliphatic heterocycles. The Bertz CT molecular complexity index is 1470. The molecule has 0 spiro atoms. The molecule has 0 radical (unpaired) electrons. The van der Waals surface area contributed by atoms with Gasteiger partial charge in [0.1, 0.15) is 30.3 Å². The molecule has 0 unspecified atom stereocenters. The van der Waals surface area contributed by atoms with Crippen molar-refractivity contribution in [3.05, 3.63) is 95.1 Å². The van der Waals surface area contributed by atoms with Crippen molar-refractivity contribution in [2.24, 2.45) is 7.05 Å². The van der Waals surface area contributed by atoms with Crippen LogP contribution < -0.4 is 20.5 Å². The Morgan fingerprint density at radius 3 is 2.42 bits per heavy atom. The third kappa shape index (κ3) is 7.04. The number of aromatic nitrogens is 2. The minimum atomic E-state index is -0.900. The Labute approximate surface area is 221 Å². The number of nitrogens with one attached hydrogen (secondary N) is 3. The average molecular weight is 537 g/mol. The Balaban J connectivity index is 1.31. The van der Waals surface area contributed by atoms with Gasteiger partial charge in [0.15, 0.2) is 17.5 Å². The van der Waals surface area contributed by atoms with Crippen LogP contribution in [0.4, 0.5) is 19.6 Å². The fourth-order valence-corrected chi connectivity index (χ4v) is 4.31. The van der Waals surface area contributed by atoms with Gasteiger partial charge in [-0.3, -0.25) is 14.4 Å². The van der Waals surface area contributed by atoms with E-state index in [0.717, 1.165) is 23.8 Å². The van der Waals surface area contributed by atoms with Gasteiger partial charge in [-0.25, -0.2) is 18.3 Å². The highest BCUT2D eigenvalue weighted by Crippen LogP contribution is 2.26. The highest BCUT2D eigenvalue weighted by atomic mass is 32.1. The first-order valence-corrected chi connectivity index (χ1v) is 12.4. The van der Waals surface area contributed by atoms with E-state index in [-0.39, 0.29) is 17.9 Å². The number of halogens is 2. The lowest BCUT2D eigenvalue weighted by molar-refractivity contribution is -0.671. The van der Waals surface area contributed by atoms with E-state index in [2.05, 4.69) is 20.9 Å². The largest absolute Gasteiger partial charge is 0.344 e.